The number of ether oxygens (including phenoxy) is 2. The minimum Gasteiger partial charge on any atom is -0.479 e. The van der Waals surface area contributed by atoms with E-state index in [-0.39, 0.29) is 0 Å². The van der Waals surface area contributed by atoms with Crippen LogP contribution in [0.4, 0.5) is 0 Å². The Labute approximate surface area is 69.3 Å². The zero-order valence-corrected chi connectivity index (χ0v) is 6.65. The van der Waals surface area contributed by atoms with E-state index in [9.17, 15) is 9.59 Å². The average molecular weight is 174 g/mol. The van der Waals surface area contributed by atoms with Crippen LogP contribution in [0.2, 0.25) is 0 Å². The third-order valence-corrected chi connectivity index (χ3v) is 1.76. The molecule has 1 saturated heterocycles. The number of carboxylic acid groups (broad SMARTS) is 1. The first kappa shape index (κ1) is 8.99. The third kappa shape index (κ3) is 1.73. The number of aliphatic carboxylic acids is 1. The molecule has 0 radical (unpaired) electrons. The van der Waals surface area contributed by atoms with Crippen molar-refractivity contribution in [3.8, 4) is 0 Å². The molecule has 0 aromatic carbocycles. The number of carboxylic acids is 1. The first-order valence-electron chi connectivity index (χ1n) is 3.61. The van der Waals surface area contributed by atoms with Crippen molar-refractivity contribution < 1.29 is 24.2 Å². The predicted molar refractivity (Wildman–Crippen MR) is 37.5 cm³/mol. The molecule has 0 spiro atoms. The van der Waals surface area contributed by atoms with Gasteiger partial charge in [-0.3, -0.25) is 0 Å². The molecule has 0 amide bonds. The molecule has 1 heterocycles. The fourth-order valence-corrected chi connectivity index (χ4v) is 1.12. The number of esters is 1. The van der Waals surface area contributed by atoms with Crippen LogP contribution in [-0.2, 0) is 19.1 Å². The van der Waals surface area contributed by atoms with E-state index >= 15 is 0 Å². The number of hydrogen-bond acceptors (Lipinski definition) is 4. The summed E-state index contributed by atoms with van der Waals surface area (Å²) >= 11 is 0. The number of hydrogen-bond donors (Lipinski definition) is 1. The standard InChI is InChI=1S/C7H10O5/c1-11-7(10)5-3-2-4(12-5)6(8)9/h4-5H,2-3H2,1H3,(H,8,9). The van der Waals surface area contributed by atoms with Gasteiger partial charge in [-0.05, 0) is 12.8 Å². The summed E-state index contributed by atoms with van der Waals surface area (Å²) in [6.07, 6.45) is -0.760. The molecule has 0 aromatic heterocycles. The molecule has 12 heavy (non-hydrogen) atoms. The van der Waals surface area contributed by atoms with E-state index in [0.29, 0.717) is 12.8 Å². The van der Waals surface area contributed by atoms with Gasteiger partial charge in [0.25, 0.3) is 0 Å². The lowest BCUT2D eigenvalue weighted by atomic mass is 10.2. The lowest BCUT2D eigenvalue weighted by Gasteiger charge is -2.07. The highest BCUT2D eigenvalue weighted by Crippen LogP contribution is 2.20. The lowest BCUT2D eigenvalue weighted by Crippen LogP contribution is -2.25. The van der Waals surface area contributed by atoms with Crippen molar-refractivity contribution in [2.24, 2.45) is 0 Å². The van der Waals surface area contributed by atoms with E-state index in [1.165, 1.54) is 7.11 Å². The second-order valence-corrected chi connectivity index (χ2v) is 2.55. The minimum absolute atomic E-state index is 0.370. The topological polar surface area (TPSA) is 72.8 Å². The molecule has 1 N–H and O–H groups in total. The first-order valence-corrected chi connectivity index (χ1v) is 3.61. The SMILES string of the molecule is COC(=O)C1CCC(C(=O)O)O1. The van der Waals surface area contributed by atoms with E-state index < -0.39 is 24.1 Å². The van der Waals surface area contributed by atoms with Crippen LogP contribution in [-0.4, -0.2) is 36.4 Å². The number of carbonyl (C=O) groups excluding carboxylic acids is 1. The molecule has 5 heteroatoms. The fourth-order valence-electron chi connectivity index (χ4n) is 1.12. The molecule has 5 nitrogen and oxygen atoms in total. The Balaban J connectivity index is 2.45. The average Bonchev–Trinajstić information content (AvgIpc) is 2.51. The van der Waals surface area contributed by atoms with E-state index in [4.69, 9.17) is 9.84 Å². The third-order valence-electron chi connectivity index (χ3n) is 1.76. The first-order chi connectivity index (χ1) is 5.65. The molecule has 0 saturated carbocycles. The maximum atomic E-state index is 10.8. The van der Waals surface area contributed by atoms with E-state index in [1.54, 1.807) is 0 Å². The predicted octanol–water partition coefficient (Wildman–Crippen LogP) is -0.208. The van der Waals surface area contributed by atoms with Crippen molar-refractivity contribution >= 4 is 11.9 Å². The van der Waals surface area contributed by atoms with Crippen molar-refractivity contribution in [2.45, 2.75) is 25.0 Å². The number of rotatable bonds is 2. The van der Waals surface area contributed by atoms with Crippen LogP contribution in [0.25, 0.3) is 0 Å². The van der Waals surface area contributed by atoms with Gasteiger partial charge in [0.2, 0.25) is 0 Å². The minimum atomic E-state index is -1.03. The lowest BCUT2D eigenvalue weighted by molar-refractivity contribution is -0.159. The van der Waals surface area contributed by atoms with E-state index in [0.717, 1.165) is 0 Å². The largest absolute Gasteiger partial charge is 0.479 e. The van der Waals surface area contributed by atoms with Gasteiger partial charge in [-0.2, -0.15) is 0 Å². The zero-order chi connectivity index (χ0) is 9.14. The molecule has 0 aliphatic carbocycles. The Bertz CT molecular complexity index is 200. The van der Waals surface area contributed by atoms with Crippen LogP contribution in [0.3, 0.4) is 0 Å². The van der Waals surface area contributed by atoms with Crippen LogP contribution in [0.5, 0.6) is 0 Å². The number of carbonyl (C=O) groups is 2. The molecular weight excluding hydrogens is 164 g/mol. The van der Waals surface area contributed by atoms with Gasteiger partial charge in [0, 0.05) is 0 Å². The van der Waals surface area contributed by atoms with Gasteiger partial charge < -0.3 is 14.6 Å². The quantitative estimate of drug-likeness (QED) is 0.586. The van der Waals surface area contributed by atoms with Crippen LogP contribution in [0.1, 0.15) is 12.8 Å². The summed E-state index contributed by atoms with van der Waals surface area (Å²) in [5.74, 6) is -1.53. The van der Waals surface area contributed by atoms with Gasteiger partial charge in [-0.15, -0.1) is 0 Å². The monoisotopic (exact) mass is 174 g/mol. The Hall–Kier alpha value is -1.10. The van der Waals surface area contributed by atoms with Gasteiger partial charge in [0.15, 0.2) is 12.2 Å². The van der Waals surface area contributed by atoms with Crippen molar-refractivity contribution in [1.29, 1.82) is 0 Å². The van der Waals surface area contributed by atoms with Gasteiger partial charge in [0.1, 0.15) is 0 Å². The summed E-state index contributed by atoms with van der Waals surface area (Å²) in [6.45, 7) is 0. The summed E-state index contributed by atoms with van der Waals surface area (Å²) in [7, 11) is 1.25. The van der Waals surface area contributed by atoms with Crippen LogP contribution in [0.15, 0.2) is 0 Å². The Kier molecular flexibility index (Phi) is 2.65. The molecular formula is C7H10O5. The van der Waals surface area contributed by atoms with E-state index in [1.807, 2.05) is 0 Å². The Morgan fingerprint density at radius 3 is 2.42 bits per heavy atom. The fraction of sp³-hybridized carbons (Fsp3) is 0.714. The van der Waals surface area contributed by atoms with Crippen molar-refractivity contribution in [2.75, 3.05) is 7.11 Å². The molecule has 1 aliphatic rings. The smallest absolute Gasteiger partial charge is 0.335 e. The maximum Gasteiger partial charge on any atom is 0.335 e. The highest BCUT2D eigenvalue weighted by molar-refractivity contribution is 5.78. The highest BCUT2D eigenvalue weighted by Gasteiger charge is 2.35. The Morgan fingerprint density at radius 1 is 1.42 bits per heavy atom. The van der Waals surface area contributed by atoms with Crippen molar-refractivity contribution in [3.05, 3.63) is 0 Å². The van der Waals surface area contributed by atoms with E-state index in [2.05, 4.69) is 4.74 Å². The van der Waals surface area contributed by atoms with Gasteiger partial charge in [-0.25, -0.2) is 9.59 Å². The van der Waals surface area contributed by atoms with Crippen molar-refractivity contribution in [1.82, 2.24) is 0 Å². The molecule has 0 bridgehead atoms. The van der Waals surface area contributed by atoms with Crippen LogP contribution >= 0.6 is 0 Å². The van der Waals surface area contributed by atoms with Gasteiger partial charge >= 0.3 is 11.9 Å². The molecule has 1 rings (SSSR count). The molecule has 1 aliphatic heterocycles. The summed E-state index contributed by atoms with van der Waals surface area (Å²) in [6, 6.07) is 0. The summed E-state index contributed by atoms with van der Waals surface area (Å²) < 4.78 is 9.31. The number of methoxy groups -OCH3 is 1. The molecule has 68 valence electrons. The Morgan fingerprint density at radius 2 is 2.00 bits per heavy atom. The molecule has 0 aromatic rings. The van der Waals surface area contributed by atoms with Crippen LogP contribution in [0, 0.1) is 0 Å². The van der Waals surface area contributed by atoms with Crippen molar-refractivity contribution in [3.63, 3.8) is 0 Å². The van der Waals surface area contributed by atoms with Gasteiger partial charge in [0.05, 0.1) is 7.11 Å². The summed E-state index contributed by atoms with van der Waals surface area (Å²) in [5, 5.41) is 8.51. The highest BCUT2D eigenvalue weighted by atomic mass is 16.6. The second kappa shape index (κ2) is 3.53. The van der Waals surface area contributed by atoms with Gasteiger partial charge in [-0.1, -0.05) is 0 Å². The molecule has 2 atom stereocenters. The second-order valence-electron chi connectivity index (χ2n) is 2.55. The maximum absolute atomic E-state index is 10.8. The zero-order valence-electron chi connectivity index (χ0n) is 6.65. The summed E-state index contributed by atoms with van der Waals surface area (Å²) in [4.78, 5) is 21.2. The molecule has 2 unspecified atom stereocenters. The normalized spacial score (nSPS) is 28.4. The summed E-state index contributed by atoms with van der Waals surface area (Å²) in [5.41, 5.74) is 0. The molecule has 1 fully saturated rings. The van der Waals surface area contributed by atoms with Crippen LogP contribution < -0.4 is 0 Å².